The smallest absolute Gasteiger partial charge is 0.302 e. The molecule has 1 heterocycles. The zero-order chi connectivity index (χ0) is 22.3. The number of carbonyl (C=O) groups excluding carboxylic acids is 3. The second kappa shape index (κ2) is 6.71. The van der Waals surface area contributed by atoms with E-state index in [9.17, 15) is 14.4 Å². The van der Waals surface area contributed by atoms with Crippen molar-refractivity contribution < 1.29 is 23.9 Å². The highest BCUT2D eigenvalue weighted by atomic mass is 16.5. The fourth-order valence-electron chi connectivity index (χ4n) is 9.30. The normalized spacial score (nSPS) is 49.8. The van der Waals surface area contributed by atoms with Gasteiger partial charge in [-0.3, -0.25) is 14.4 Å². The van der Waals surface area contributed by atoms with Crippen LogP contribution in [-0.4, -0.2) is 46.5 Å². The number of hydrogen-bond donors (Lipinski definition) is 0. The molecule has 31 heavy (non-hydrogen) atoms. The summed E-state index contributed by atoms with van der Waals surface area (Å²) in [5.41, 5.74) is -0.0438. The van der Waals surface area contributed by atoms with Crippen LogP contribution in [0, 0.1) is 28.6 Å². The van der Waals surface area contributed by atoms with Crippen LogP contribution in [0.4, 0.5) is 0 Å². The Morgan fingerprint density at radius 1 is 0.871 bits per heavy atom. The number of nitrogens with zero attached hydrogens (tertiary/aromatic N) is 1. The molecule has 0 unspecified atom stereocenters. The number of rotatable bonds is 2. The van der Waals surface area contributed by atoms with Gasteiger partial charge in [0.25, 0.3) is 0 Å². The number of carbonyl (C=O) groups is 3. The van der Waals surface area contributed by atoms with E-state index in [0.29, 0.717) is 17.8 Å². The molecule has 4 aliphatic carbocycles. The first-order valence-corrected chi connectivity index (χ1v) is 12.2. The highest BCUT2D eigenvalue weighted by molar-refractivity contribution is 5.79. The molecule has 0 aromatic carbocycles. The molecule has 0 aromatic rings. The second-order valence-corrected chi connectivity index (χ2v) is 11.6. The van der Waals surface area contributed by atoms with Crippen molar-refractivity contribution in [2.45, 2.75) is 110 Å². The molecule has 1 spiro atoms. The molecule has 0 aromatic heterocycles. The maximum Gasteiger partial charge on any atom is 0.302 e. The lowest BCUT2D eigenvalue weighted by Crippen LogP contribution is -2.59. The Hall–Kier alpha value is -1.59. The number of esters is 2. The van der Waals surface area contributed by atoms with E-state index in [2.05, 4.69) is 18.7 Å². The fraction of sp³-hybridized carbons (Fsp3) is 0.880. The van der Waals surface area contributed by atoms with E-state index in [1.807, 2.05) is 0 Å². The number of ether oxygens (including phenoxy) is 2. The third kappa shape index (κ3) is 2.72. The summed E-state index contributed by atoms with van der Waals surface area (Å²) in [4.78, 5) is 38.2. The highest BCUT2D eigenvalue weighted by Gasteiger charge is 2.79. The zero-order valence-electron chi connectivity index (χ0n) is 19.6. The summed E-state index contributed by atoms with van der Waals surface area (Å²) in [6.07, 6.45) is 7.95. The van der Waals surface area contributed by atoms with E-state index in [4.69, 9.17) is 9.47 Å². The van der Waals surface area contributed by atoms with Crippen LogP contribution in [0.5, 0.6) is 0 Å². The quantitative estimate of drug-likeness (QED) is 0.490. The van der Waals surface area contributed by atoms with Gasteiger partial charge < -0.3 is 14.4 Å². The molecule has 9 atom stereocenters. The minimum atomic E-state index is -0.221. The highest BCUT2D eigenvalue weighted by Crippen LogP contribution is 2.74. The van der Waals surface area contributed by atoms with Gasteiger partial charge in [-0.1, -0.05) is 13.8 Å². The van der Waals surface area contributed by atoms with Crippen molar-refractivity contribution >= 4 is 17.8 Å². The molecular weight excluding hydrogens is 394 g/mol. The molecular formula is C25H37NO5. The summed E-state index contributed by atoms with van der Waals surface area (Å²) in [6.45, 7) is 9.46. The largest absolute Gasteiger partial charge is 0.462 e. The number of fused-ring (bicyclic) bond motifs is 4. The molecule has 172 valence electrons. The molecule has 0 N–H and O–H groups in total. The van der Waals surface area contributed by atoms with Crippen LogP contribution in [-0.2, 0) is 23.9 Å². The predicted molar refractivity (Wildman–Crippen MR) is 114 cm³/mol. The van der Waals surface area contributed by atoms with Crippen molar-refractivity contribution in [2.24, 2.45) is 28.6 Å². The van der Waals surface area contributed by atoms with Gasteiger partial charge in [-0.2, -0.15) is 0 Å². The first kappa shape index (κ1) is 21.3. The minimum absolute atomic E-state index is 0.0262. The molecule has 0 radical (unpaired) electrons. The summed E-state index contributed by atoms with van der Waals surface area (Å²) >= 11 is 0. The summed E-state index contributed by atoms with van der Waals surface area (Å²) in [7, 11) is 0. The van der Waals surface area contributed by atoms with Gasteiger partial charge in [-0.15, -0.1) is 0 Å². The third-order valence-corrected chi connectivity index (χ3v) is 10.4. The van der Waals surface area contributed by atoms with Crippen molar-refractivity contribution in [1.82, 2.24) is 4.90 Å². The lowest BCUT2D eigenvalue weighted by Gasteiger charge is -2.59. The maximum absolute atomic E-state index is 12.7. The lowest BCUT2D eigenvalue weighted by atomic mass is 9.45. The van der Waals surface area contributed by atoms with Crippen LogP contribution in [0.2, 0.25) is 0 Å². The van der Waals surface area contributed by atoms with E-state index < -0.39 is 0 Å². The van der Waals surface area contributed by atoms with Gasteiger partial charge in [0.05, 0.1) is 11.6 Å². The number of hydrogen-bond acceptors (Lipinski definition) is 5. The summed E-state index contributed by atoms with van der Waals surface area (Å²) in [5, 5.41) is 0. The SMILES string of the molecule is CC(=O)O[C@H]1CC[C@]2(C)[C@H]3CC[C@]4(C)[C@@H](OC(C)=O)CC[C@H]4[C@@H]3C[C@H]3N(C(C)=O)[C@]32C1. The molecule has 6 nitrogen and oxygen atoms in total. The minimum Gasteiger partial charge on any atom is -0.462 e. The van der Waals surface area contributed by atoms with Gasteiger partial charge in [0, 0.05) is 32.6 Å². The first-order valence-electron chi connectivity index (χ1n) is 12.2. The van der Waals surface area contributed by atoms with E-state index in [-0.39, 0.29) is 52.5 Å². The van der Waals surface area contributed by atoms with Gasteiger partial charge in [0.2, 0.25) is 5.91 Å². The zero-order valence-corrected chi connectivity index (χ0v) is 19.6. The Labute approximate surface area is 185 Å². The third-order valence-electron chi connectivity index (χ3n) is 10.4. The second-order valence-electron chi connectivity index (χ2n) is 11.6. The monoisotopic (exact) mass is 431 g/mol. The van der Waals surface area contributed by atoms with E-state index in [1.54, 1.807) is 6.92 Å². The van der Waals surface area contributed by atoms with E-state index in [1.165, 1.54) is 13.8 Å². The van der Waals surface area contributed by atoms with Crippen LogP contribution < -0.4 is 0 Å². The summed E-state index contributed by atoms with van der Waals surface area (Å²) in [5.74, 6) is 1.45. The van der Waals surface area contributed by atoms with E-state index >= 15 is 0 Å². The predicted octanol–water partition coefficient (Wildman–Crippen LogP) is 3.86. The van der Waals surface area contributed by atoms with Gasteiger partial charge >= 0.3 is 11.9 Å². The molecule has 0 bridgehead atoms. The first-order chi connectivity index (χ1) is 14.5. The van der Waals surface area contributed by atoms with Gasteiger partial charge in [-0.25, -0.2) is 0 Å². The molecule has 6 heteroatoms. The number of amides is 1. The Morgan fingerprint density at radius 2 is 1.58 bits per heavy atom. The maximum atomic E-state index is 12.7. The van der Waals surface area contributed by atoms with E-state index in [0.717, 1.165) is 51.4 Å². The van der Waals surface area contributed by atoms with Crippen LogP contribution in [0.3, 0.4) is 0 Å². The Balaban J connectivity index is 1.47. The standard InChI is InChI=1S/C25H37NO5/c1-14(27)26-21-12-18-19-6-7-22(31-16(3)29)23(19,4)10-9-20(18)24(5)11-8-17(30-15(2)28)13-25(21,24)26/h17-22H,6-13H2,1-5H3/t17-,18-,19-,20-,21+,22-,23-,24+,25+,26?/m0/s1. The molecule has 5 fully saturated rings. The van der Waals surface area contributed by atoms with Crippen LogP contribution in [0.25, 0.3) is 0 Å². The molecule has 1 saturated heterocycles. The van der Waals surface area contributed by atoms with Crippen molar-refractivity contribution in [1.29, 1.82) is 0 Å². The molecule has 1 amide bonds. The molecule has 1 aliphatic heterocycles. The average molecular weight is 432 g/mol. The molecule has 5 aliphatic rings. The number of likely N-dealkylation sites (tertiary alicyclic amines) is 1. The van der Waals surface area contributed by atoms with Crippen molar-refractivity contribution in [3.05, 3.63) is 0 Å². The van der Waals surface area contributed by atoms with Gasteiger partial charge in [0.15, 0.2) is 0 Å². The van der Waals surface area contributed by atoms with Gasteiger partial charge in [-0.05, 0) is 68.1 Å². The lowest BCUT2D eigenvalue weighted by molar-refractivity contribution is -0.163. The van der Waals surface area contributed by atoms with Gasteiger partial charge in [0.1, 0.15) is 12.2 Å². The van der Waals surface area contributed by atoms with Crippen molar-refractivity contribution in [3.63, 3.8) is 0 Å². The Morgan fingerprint density at radius 3 is 2.23 bits per heavy atom. The Bertz CT molecular complexity index is 827. The van der Waals surface area contributed by atoms with Crippen molar-refractivity contribution in [2.75, 3.05) is 0 Å². The fourth-order valence-corrected chi connectivity index (χ4v) is 9.30. The van der Waals surface area contributed by atoms with Crippen molar-refractivity contribution in [3.8, 4) is 0 Å². The van der Waals surface area contributed by atoms with Crippen LogP contribution in [0.1, 0.15) is 86.0 Å². The Kier molecular flexibility index (Phi) is 4.60. The van der Waals surface area contributed by atoms with Crippen LogP contribution >= 0.6 is 0 Å². The topological polar surface area (TPSA) is 72.7 Å². The summed E-state index contributed by atoms with van der Waals surface area (Å²) in [6, 6.07) is 0.254. The average Bonchev–Trinajstić information content (AvgIpc) is 3.19. The summed E-state index contributed by atoms with van der Waals surface area (Å²) < 4.78 is 11.4. The van der Waals surface area contributed by atoms with Crippen LogP contribution in [0.15, 0.2) is 0 Å². The molecule has 5 rings (SSSR count). The molecule has 4 saturated carbocycles.